The second-order valence-corrected chi connectivity index (χ2v) is 25.3. The topological polar surface area (TPSA) is 129 Å². The highest BCUT2D eigenvalue weighted by atomic mass is 16.3. The molecule has 6 heterocycles. The van der Waals surface area contributed by atoms with Crippen LogP contribution in [0.3, 0.4) is 0 Å². The molecule has 13 aromatic carbocycles. The van der Waals surface area contributed by atoms with Crippen LogP contribution in [0, 0.1) is 0 Å². The van der Waals surface area contributed by atoms with E-state index in [0.29, 0.717) is 34.9 Å². The van der Waals surface area contributed by atoms with Gasteiger partial charge in [-0.25, -0.2) is 34.9 Å². The summed E-state index contributed by atoms with van der Waals surface area (Å²) in [5, 5.41) is 4.88. The van der Waals surface area contributed by atoms with Crippen molar-refractivity contribution >= 4 is 54.8 Å². The van der Waals surface area contributed by atoms with E-state index in [0.717, 1.165) is 166 Å². The van der Waals surface area contributed by atoms with E-state index >= 15 is 0 Å². The minimum Gasteiger partial charge on any atom is -0.456 e. The van der Waals surface area contributed by atoms with E-state index in [2.05, 4.69) is 237 Å². The van der Waals surface area contributed by atoms with Crippen LogP contribution in [0.15, 0.2) is 349 Å². The lowest BCUT2D eigenvalue weighted by Gasteiger charge is -2.10. The van der Waals surface area contributed by atoms with E-state index in [1.807, 2.05) is 103 Å². The highest BCUT2D eigenvalue weighted by Crippen LogP contribution is 2.43. The van der Waals surface area contributed by atoms with Gasteiger partial charge in [0.1, 0.15) is 22.3 Å². The maximum absolute atomic E-state index is 6.80. The fourth-order valence-electron chi connectivity index (χ4n) is 14.0. The van der Waals surface area contributed by atoms with Crippen LogP contribution in [0.25, 0.3) is 201 Å². The summed E-state index contributed by atoms with van der Waals surface area (Å²) in [6.45, 7) is 0. The molecular formula is C92H56N8O2. The molecule has 0 radical (unpaired) electrons. The molecule has 476 valence electrons. The first-order valence-electron chi connectivity index (χ1n) is 33.9. The summed E-state index contributed by atoms with van der Waals surface area (Å²) in [5.74, 6) is 3.51. The van der Waals surface area contributed by atoms with Gasteiger partial charge in [-0.3, -0.25) is 4.98 Å². The van der Waals surface area contributed by atoms with Crippen LogP contribution in [0.5, 0.6) is 0 Å². The quantitative estimate of drug-likeness (QED) is 0.110. The molecular weight excluding hydrogens is 1250 g/mol. The third-order valence-electron chi connectivity index (χ3n) is 19.1. The first-order chi connectivity index (χ1) is 50.5. The van der Waals surface area contributed by atoms with Gasteiger partial charge in [0.15, 0.2) is 34.9 Å². The smallest absolute Gasteiger partial charge is 0.164 e. The Morgan fingerprint density at radius 3 is 1.14 bits per heavy atom. The number of fused-ring (bicyclic) bond motifs is 7. The van der Waals surface area contributed by atoms with Crippen molar-refractivity contribution in [3.63, 3.8) is 0 Å². The van der Waals surface area contributed by atoms with Crippen LogP contribution in [-0.4, -0.2) is 39.9 Å². The minimum absolute atomic E-state index is 0.567. The van der Waals surface area contributed by atoms with Gasteiger partial charge in [0.2, 0.25) is 0 Å². The van der Waals surface area contributed by atoms with Crippen molar-refractivity contribution in [3.8, 4) is 146 Å². The van der Waals surface area contributed by atoms with E-state index in [4.69, 9.17) is 48.7 Å². The fourth-order valence-corrected chi connectivity index (χ4v) is 14.0. The van der Waals surface area contributed by atoms with Gasteiger partial charge < -0.3 is 8.83 Å². The Morgan fingerprint density at radius 1 is 0.196 bits per heavy atom. The molecule has 0 unspecified atom stereocenters. The zero-order chi connectivity index (χ0) is 67.5. The Labute approximate surface area is 586 Å². The number of para-hydroxylation sites is 1. The summed E-state index contributed by atoms with van der Waals surface area (Å²) >= 11 is 0. The third kappa shape index (κ3) is 11.0. The van der Waals surface area contributed by atoms with Crippen LogP contribution in [-0.2, 0) is 0 Å². The van der Waals surface area contributed by atoms with Gasteiger partial charge in [-0.2, -0.15) is 0 Å². The molecule has 10 nitrogen and oxygen atoms in total. The molecule has 19 aromatic rings. The Balaban J connectivity index is 0.576. The largest absolute Gasteiger partial charge is 0.456 e. The maximum atomic E-state index is 6.80. The molecule has 10 heteroatoms. The number of pyridine rings is 2. The van der Waals surface area contributed by atoms with Crippen LogP contribution in [0.2, 0.25) is 0 Å². The molecule has 0 saturated heterocycles. The number of benzene rings is 13. The van der Waals surface area contributed by atoms with Crippen molar-refractivity contribution in [3.05, 3.63) is 340 Å². The molecule has 0 aliphatic heterocycles. The van der Waals surface area contributed by atoms with Gasteiger partial charge in [-0.15, -0.1) is 0 Å². The molecule has 19 rings (SSSR count). The lowest BCUT2D eigenvalue weighted by Crippen LogP contribution is -2.00. The van der Waals surface area contributed by atoms with E-state index < -0.39 is 0 Å². The van der Waals surface area contributed by atoms with Crippen molar-refractivity contribution in [1.82, 2.24) is 39.9 Å². The Kier molecular flexibility index (Phi) is 14.6. The Morgan fingerprint density at radius 2 is 0.588 bits per heavy atom. The lowest BCUT2D eigenvalue weighted by molar-refractivity contribution is 0.669. The van der Waals surface area contributed by atoms with Crippen molar-refractivity contribution < 1.29 is 8.83 Å². The molecule has 0 spiro atoms. The average Bonchev–Trinajstić information content (AvgIpc) is 1.57. The molecule has 0 fully saturated rings. The zero-order valence-electron chi connectivity index (χ0n) is 54.7. The number of aromatic nitrogens is 8. The predicted octanol–water partition coefficient (Wildman–Crippen LogP) is 23.5. The number of hydrogen-bond donors (Lipinski definition) is 0. The monoisotopic (exact) mass is 1300 g/mol. The molecule has 102 heavy (non-hydrogen) atoms. The van der Waals surface area contributed by atoms with Crippen molar-refractivity contribution in [2.24, 2.45) is 0 Å². The second-order valence-electron chi connectivity index (χ2n) is 25.3. The number of furan rings is 2. The van der Waals surface area contributed by atoms with Gasteiger partial charge in [-0.05, 0) is 87.0 Å². The SMILES string of the molecule is c1ccc(-c2ccc(-c3nc(-c4ccccc4)nc(-c4cccc5oc6ccc(-c7ccc(-c8ccc9c(-c%10ccc(-c%11ccc(-c%12cccc%13c%12oc%12cccc(-c%14nc(-c%15ccccc%15)nc(-c%15ccc(-c%16ccccc%16)cc%15)n%14)c%12%13)cc%11)nc%10)cccc9n8)cc7)cc6c45)n3)cc2)cc1. The van der Waals surface area contributed by atoms with Gasteiger partial charge in [0.25, 0.3) is 0 Å². The Hall–Kier alpha value is -14.0. The summed E-state index contributed by atoms with van der Waals surface area (Å²) in [6.07, 6.45) is 1.96. The van der Waals surface area contributed by atoms with Gasteiger partial charge in [0, 0.05) is 88.8 Å². The van der Waals surface area contributed by atoms with Crippen LogP contribution in [0.4, 0.5) is 0 Å². The van der Waals surface area contributed by atoms with E-state index in [1.165, 1.54) is 0 Å². The summed E-state index contributed by atoms with van der Waals surface area (Å²) in [4.78, 5) is 41.0. The molecule has 0 saturated carbocycles. The van der Waals surface area contributed by atoms with Crippen molar-refractivity contribution in [2.45, 2.75) is 0 Å². The number of hydrogen-bond acceptors (Lipinski definition) is 10. The molecule has 0 bridgehead atoms. The van der Waals surface area contributed by atoms with Gasteiger partial charge >= 0.3 is 0 Å². The zero-order valence-corrected chi connectivity index (χ0v) is 54.7. The van der Waals surface area contributed by atoms with E-state index in [1.54, 1.807) is 0 Å². The normalized spacial score (nSPS) is 11.5. The van der Waals surface area contributed by atoms with Gasteiger partial charge in [-0.1, -0.05) is 291 Å². The lowest BCUT2D eigenvalue weighted by atomic mass is 9.98. The predicted molar refractivity (Wildman–Crippen MR) is 412 cm³/mol. The van der Waals surface area contributed by atoms with E-state index in [-0.39, 0.29) is 0 Å². The van der Waals surface area contributed by atoms with Crippen LogP contribution < -0.4 is 0 Å². The van der Waals surface area contributed by atoms with Crippen molar-refractivity contribution in [2.75, 3.05) is 0 Å². The number of rotatable bonds is 13. The molecule has 0 aliphatic carbocycles. The summed E-state index contributed by atoms with van der Waals surface area (Å²) in [7, 11) is 0. The molecule has 0 atom stereocenters. The third-order valence-corrected chi connectivity index (χ3v) is 19.1. The molecule has 0 amide bonds. The minimum atomic E-state index is 0.567. The van der Waals surface area contributed by atoms with E-state index in [9.17, 15) is 0 Å². The molecule has 0 N–H and O–H groups in total. The average molecular weight is 1310 g/mol. The Bertz CT molecular complexity index is 6370. The van der Waals surface area contributed by atoms with Gasteiger partial charge in [0.05, 0.1) is 16.9 Å². The summed E-state index contributed by atoms with van der Waals surface area (Å²) in [6, 6.07) is 115. The molecule has 6 aromatic heterocycles. The first kappa shape index (κ1) is 59.3. The van der Waals surface area contributed by atoms with Crippen molar-refractivity contribution in [1.29, 1.82) is 0 Å². The highest BCUT2D eigenvalue weighted by Gasteiger charge is 2.23. The number of nitrogens with zero attached hydrogens (tertiary/aromatic N) is 8. The highest BCUT2D eigenvalue weighted by molar-refractivity contribution is 6.15. The maximum Gasteiger partial charge on any atom is 0.164 e. The van der Waals surface area contributed by atoms with Crippen LogP contribution >= 0.6 is 0 Å². The molecule has 0 aliphatic rings. The first-order valence-corrected chi connectivity index (χ1v) is 33.9. The second kappa shape index (κ2) is 25.2. The summed E-state index contributed by atoms with van der Waals surface area (Å²) < 4.78 is 13.3. The van der Waals surface area contributed by atoms with Crippen LogP contribution in [0.1, 0.15) is 0 Å². The fraction of sp³-hybridized carbons (Fsp3) is 0. The summed E-state index contributed by atoms with van der Waals surface area (Å²) in [5.41, 5.74) is 23.8. The standard InChI is InChI=1S/C92H56N8O2/c1-5-17-57(18-6-1)59-35-45-67(46-36-59)89-95-87(65-21-9-3-10-22-65)97-91(99-89)75-28-16-32-83-84(75)74-27-13-26-72(86(74)102-83)62-39-43-63(44-40-62)78-52-49-70(56-93-78)71-25-14-30-80-73(71)51-53-79(94-80)64-41-33-61(34-42-64)69-50-54-81-77(55-69)85-76(29-15-31-82(85)101-81)92-98-88(66-23-11-4-12-24-66)96-90(100-92)68-47-37-60(38-48-68)58-19-7-2-8-20-58/h1-56H.